The molecule has 6 atom stereocenters. The number of thiol groups is 1. The molecule has 0 aromatic carbocycles. The largest absolute Gasteiger partial charge is 0.300 e. The summed E-state index contributed by atoms with van der Waals surface area (Å²) in [5, 5.41) is -0.905. The number of thioether (sulfide) groups is 11. The Balaban J connectivity index is -0.0000000394. The van der Waals surface area contributed by atoms with E-state index in [0.29, 0.717) is 48.0 Å². The van der Waals surface area contributed by atoms with E-state index in [2.05, 4.69) is 44.7 Å². The molecule has 0 aliphatic carbocycles. The molecule has 0 bridgehead atoms. The average molecular weight is 2010 g/mol. The van der Waals surface area contributed by atoms with Crippen molar-refractivity contribution in [2.75, 3.05) is 164 Å². The number of hydrogen-bond acceptors (Lipinski definition) is 30. The van der Waals surface area contributed by atoms with Crippen molar-refractivity contribution in [3.05, 3.63) is 0 Å². The zero-order valence-corrected chi connectivity index (χ0v) is 77.8. The lowest BCUT2D eigenvalue weighted by molar-refractivity contribution is -0.137. The minimum atomic E-state index is -2.71. The molecule has 2 heterocycles. The number of ketones is 8. The zero-order chi connectivity index (χ0) is 77.8. The van der Waals surface area contributed by atoms with E-state index in [1.54, 1.807) is 169 Å². The summed E-state index contributed by atoms with van der Waals surface area (Å²) in [7, 11) is -0.445. The minimum Gasteiger partial charge on any atom is -0.300 e. The summed E-state index contributed by atoms with van der Waals surface area (Å²) >= 11 is 38.7. The van der Waals surface area contributed by atoms with Gasteiger partial charge in [-0.25, -0.2) is 21.1 Å². The van der Waals surface area contributed by atoms with Gasteiger partial charge in [0.1, 0.15) is 76.7 Å². The lowest BCUT2D eigenvalue weighted by atomic mass is 10.3. The Kier molecular flexibility index (Phi) is 175. The summed E-state index contributed by atoms with van der Waals surface area (Å²) in [4.78, 5) is 127. The molecule has 0 aromatic rings. The number of sulfone groups is 2. The normalized spacial score (nSPS) is 13.0. The fourth-order valence-corrected chi connectivity index (χ4v) is 16.6. The Hall–Kier alpha value is 1.98. The van der Waals surface area contributed by atoms with Crippen molar-refractivity contribution < 1.29 is 74.4 Å². The molecule has 107 heavy (non-hydrogen) atoms. The van der Waals surface area contributed by atoms with Gasteiger partial charge in [0.05, 0.1) is 37.4 Å². The monoisotopic (exact) mass is 2010 g/mol. The second-order valence-corrected chi connectivity index (χ2v) is 40.4. The maximum Gasteiger partial charge on any atom is 0.252 e. The van der Waals surface area contributed by atoms with Crippen LogP contribution in [0.2, 0.25) is 0 Å². The Morgan fingerprint density at radius 2 is 0.692 bits per heavy atom. The number of alkyl halides is 4. The number of carbonyl (C=O) groups excluding carboxylic acids is 12. The van der Waals surface area contributed by atoms with Gasteiger partial charge in [-0.1, -0.05) is 148 Å². The predicted molar refractivity (Wildman–Crippen MR) is 531 cm³/mol. The van der Waals surface area contributed by atoms with Gasteiger partial charge in [-0.15, -0.1) is 23.2 Å². The van der Waals surface area contributed by atoms with Gasteiger partial charge in [0.15, 0.2) is 0 Å². The Morgan fingerprint density at radius 1 is 0.421 bits per heavy atom. The molecule has 0 aromatic heterocycles. The third kappa shape index (κ3) is 143. The summed E-state index contributed by atoms with van der Waals surface area (Å²) < 4.78 is 42.4. The third-order valence-corrected chi connectivity index (χ3v) is 26.1. The maximum absolute atomic E-state index is 11.0. The van der Waals surface area contributed by atoms with Gasteiger partial charge >= 0.3 is 0 Å². The molecule has 2 aliphatic rings. The maximum atomic E-state index is 11.0. The first-order valence-electron chi connectivity index (χ1n) is 28.2. The van der Waals surface area contributed by atoms with E-state index in [0.717, 1.165) is 57.4 Å². The zero-order valence-electron chi connectivity index (χ0n) is 60.0. The van der Waals surface area contributed by atoms with Crippen LogP contribution >= 0.6 is 219 Å². The second-order valence-electron chi connectivity index (χ2n) is 19.0. The van der Waals surface area contributed by atoms with E-state index in [1.165, 1.54) is 61.8 Å². The van der Waals surface area contributed by atoms with E-state index in [-0.39, 0.29) is 182 Å². The molecule has 0 spiro atoms. The van der Waals surface area contributed by atoms with Crippen LogP contribution in [0, 0.1) is 0 Å². The summed E-state index contributed by atoms with van der Waals surface area (Å²) in [6.07, 6.45) is 28.5. The van der Waals surface area contributed by atoms with Crippen molar-refractivity contribution in [1.82, 2.24) is 9.21 Å². The van der Waals surface area contributed by atoms with Crippen LogP contribution in [0.5, 0.6) is 0 Å². The summed E-state index contributed by atoms with van der Waals surface area (Å²) in [5.74, 6) is 9.86. The Morgan fingerprint density at radius 3 is 0.794 bits per heavy atom. The van der Waals surface area contributed by atoms with Gasteiger partial charge in [0.2, 0.25) is 17.7 Å². The van der Waals surface area contributed by atoms with Crippen molar-refractivity contribution in [3.8, 4) is 0 Å². The number of amides is 4. The van der Waals surface area contributed by atoms with Crippen LogP contribution in [0.4, 0.5) is 0 Å². The van der Waals surface area contributed by atoms with Crippen LogP contribution in [0.25, 0.3) is 0 Å². The van der Waals surface area contributed by atoms with Crippen LogP contribution in [-0.2, 0) is 77.2 Å². The van der Waals surface area contributed by atoms with Crippen LogP contribution < -0.4 is 0 Å². The van der Waals surface area contributed by atoms with Gasteiger partial charge in [-0.2, -0.15) is 129 Å². The van der Waals surface area contributed by atoms with Gasteiger partial charge in [-0.05, 0) is 142 Å². The summed E-state index contributed by atoms with van der Waals surface area (Å²) in [5.41, 5.74) is 0. The quantitative estimate of drug-likeness (QED) is 0.0215. The molecule has 38 heteroatoms. The molecule has 0 N–H and O–H groups in total. The lowest BCUT2D eigenvalue weighted by Gasteiger charge is -2.04. The second kappa shape index (κ2) is 114. The molecule has 2 fully saturated rings. The average Bonchev–Trinajstić information content (AvgIpc) is 1.72. The van der Waals surface area contributed by atoms with Crippen molar-refractivity contribution in [2.45, 2.75) is 200 Å². The van der Waals surface area contributed by atoms with E-state index in [9.17, 15) is 74.4 Å². The molecule has 2 saturated heterocycles. The fourth-order valence-electron chi connectivity index (χ4n) is 4.17. The van der Waals surface area contributed by atoms with Crippen molar-refractivity contribution in [1.29, 1.82) is 0 Å². The van der Waals surface area contributed by atoms with E-state index >= 15 is 0 Å². The highest BCUT2D eigenvalue weighted by atomic mass is 79.9. The van der Waals surface area contributed by atoms with Gasteiger partial charge in [0.25, 0.3) is 5.91 Å². The van der Waals surface area contributed by atoms with Gasteiger partial charge in [0, 0.05) is 91.9 Å². The van der Waals surface area contributed by atoms with Crippen LogP contribution in [0.1, 0.15) is 169 Å². The highest BCUT2D eigenvalue weighted by Crippen LogP contribution is 2.24. The molecule has 660 valence electrons. The fraction of sp³-hybridized carbons (Fsp3) is 0.826. The SMILES string of the molecule is C.C.C.C.C.C.C.C.C.C.C.CSC1CC(=O)N(C)C1=O.CSC1CC(=O)N(S)C1=O.CSCC(Br)C(C)=O.CSCC(Br)C(C)=O.CSCC(C)=O.CSCC(Cl)C(C)=O.CSCC(Cl)C(C)=O.CSCCC(C)=O.CSCCC(C)=O.CSCCS(C)(=O)=O.CSCCS(C)(=O)=O.CSSCCC(C)=O. The number of rotatable bonds is 32. The van der Waals surface area contributed by atoms with Crippen molar-refractivity contribution >= 4 is 308 Å². The molecule has 0 saturated carbocycles. The first-order chi connectivity index (χ1) is 44.3. The predicted octanol–water partition coefficient (Wildman–Crippen LogP) is 20.3. The highest BCUT2D eigenvalue weighted by Gasteiger charge is 2.36. The molecule has 18 nitrogen and oxygen atoms in total. The highest BCUT2D eigenvalue weighted by molar-refractivity contribution is 9.10. The first-order valence-corrected chi connectivity index (χ1v) is 53.2. The number of hydrogen-bond donors (Lipinski definition) is 1. The van der Waals surface area contributed by atoms with Crippen LogP contribution in [0.15, 0.2) is 0 Å². The van der Waals surface area contributed by atoms with E-state index < -0.39 is 19.7 Å². The number of Topliss-reactive ketones (excluding diaryl/α,β-unsaturated/α-hetero) is 8. The molecular weight excluding hydrogens is 1860 g/mol. The smallest absolute Gasteiger partial charge is 0.252 e. The summed E-state index contributed by atoms with van der Waals surface area (Å²) in [6, 6.07) is 0. The number of likely N-dealkylation sites (tertiary alicyclic amines) is 1. The number of imide groups is 2. The number of halogens is 4. The van der Waals surface area contributed by atoms with Crippen LogP contribution in [-0.4, -0.2) is 291 Å². The van der Waals surface area contributed by atoms with Crippen LogP contribution in [0.3, 0.4) is 0 Å². The van der Waals surface area contributed by atoms with E-state index in [4.69, 9.17) is 23.2 Å². The third-order valence-electron chi connectivity index (χ3n) is 9.64. The van der Waals surface area contributed by atoms with Crippen molar-refractivity contribution in [3.63, 3.8) is 0 Å². The Labute approximate surface area is 747 Å². The van der Waals surface area contributed by atoms with Gasteiger partial charge < -0.3 is 0 Å². The molecule has 2 aliphatic heterocycles. The lowest BCUT2D eigenvalue weighted by Crippen LogP contribution is -2.26. The van der Waals surface area contributed by atoms with Crippen molar-refractivity contribution in [2.24, 2.45) is 0 Å². The molecule has 2 rings (SSSR count). The molecule has 0 radical (unpaired) electrons. The minimum absolute atomic E-state index is 0. The summed E-state index contributed by atoms with van der Waals surface area (Å²) in [6.45, 7) is 12.7. The topological polar surface area (TPSA) is 280 Å². The Bertz CT molecular complexity index is 2160. The van der Waals surface area contributed by atoms with Gasteiger partial charge in [-0.3, -0.25) is 62.4 Å². The molecular formula is C69H154Br2Cl2N2O16S16. The van der Waals surface area contributed by atoms with E-state index in [1.807, 2.05) is 75.1 Å². The number of carbonyl (C=O) groups is 12. The number of nitrogens with zero attached hydrogens (tertiary/aromatic N) is 2. The molecule has 4 amide bonds. The molecule has 6 unspecified atom stereocenters. The first kappa shape index (κ1) is 164. The standard InChI is InChI=1S/C6H9NO2S.2C5H9BrOS.2C5H9ClOS.C5H7NO2S2.C5H10OS2.2C5H10OS.2C4H10O2S2.C4H8OS.11CH4/c1-7-5(8)3-4(10-2)6(7)9;4*1-4(7)5(6)3-8-2;1-10-3-2-4(7)6(9)5(3)8;1-5(6)3-4-8-7-2;2*1-5(6)3-4-7-2;2*1-7-3-4-8(2,5)6;1-4(5)3-6-2;;;;;;;;;;;/h4H,3H2,1-2H3;4*5H,3H2,1-2H3;3,9H,2H2,1H3;3-4H2,1-2H3;2*3-4H2,1-2H3;2*3-4H2,1-2H3;3H2,1-2H3;11*1H4.